The van der Waals surface area contributed by atoms with Crippen molar-refractivity contribution in [1.82, 2.24) is 9.80 Å². The summed E-state index contributed by atoms with van der Waals surface area (Å²) >= 11 is 0. The Hall–Kier alpha value is -3.07. The molecule has 3 saturated heterocycles. The number of piperidine rings is 1. The molecular weight excluding hydrogens is 425 g/mol. The Kier molecular flexibility index (Phi) is 4.88. The SMILES string of the molecule is O=C(c1ccc(O)cc1F)N1CCC2(CC1)O[C@@H]1CC[C@@H](c3cc(F)cc(F)c3)N1C2=O. The van der Waals surface area contributed by atoms with Crippen LogP contribution >= 0.6 is 0 Å². The number of rotatable bonds is 2. The van der Waals surface area contributed by atoms with Crippen LogP contribution in [0.3, 0.4) is 0 Å². The van der Waals surface area contributed by atoms with E-state index in [9.17, 15) is 27.9 Å². The van der Waals surface area contributed by atoms with Crippen LogP contribution in [0.2, 0.25) is 0 Å². The van der Waals surface area contributed by atoms with Crippen molar-refractivity contribution in [3.8, 4) is 5.75 Å². The van der Waals surface area contributed by atoms with E-state index in [0.717, 1.165) is 12.1 Å². The minimum Gasteiger partial charge on any atom is -0.508 e. The zero-order chi connectivity index (χ0) is 22.6. The monoisotopic (exact) mass is 446 g/mol. The van der Waals surface area contributed by atoms with E-state index < -0.39 is 41.2 Å². The van der Waals surface area contributed by atoms with Crippen molar-refractivity contribution < 1.29 is 32.6 Å². The van der Waals surface area contributed by atoms with Crippen molar-refractivity contribution in [2.45, 2.75) is 43.6 Å². The lowest BCUT2D eigenvalue weighted by molar-refractivity contribution is -0.142. The molecule has 3 heterocycles. The van der Waals surface area contributed by atoms with Gasteiger partial charge in [-0.3, -0.25) is 9.59 Å². The standard InChI is InChI=1S/C23H21F3N2O4/c24-14-9-13(10-15(25)11-14)19-3-4-20-28(19)22(31)23(32-20)5-7-27(8-6-23)21(30)17-2-1-16(29)12-18(17)26/h1-2,9-12,19-20,29H,3-8H2/t19-,20+/m0/s1. The van der Waals surface area contributed by atoms with E-state index in [1.807, 2.05) is 0 Å². The minimum atomic E-state index is -1.10. The third-order valence-electron chi connectivity index (χ3n) is 6.63. The second-order valence-corrected chi connectivity index (χ2v) is 8.53. The molecule has 3 aliphatic rings. The summed E-state index contributed by atoms with van der Waals surface area (Å²) in [6.45, 7) is 0.398. The quantitative estimate of drug-likeness (QED) is 0.767. The van der Waals surface area contributed by atoms with Crippen LogP contribution in [0.4, 0.5) is 13.2 Å². The number of hydrogen-bond donors (Lipinski definition) is 1. The molecular formula is C23H21F3N2O4. The Labute approximate surface area is 182 Å². The van der Waals surface area contributed by atoms with Gasteiger partial charge in [0.1, 0.15) is 29.4 Å². The van der Waals surface area contributed by atoms with Gasteiger partial charge in [-0.15, -0.1) is 0 Å². The predicted molar refractivity (Wildman–Crippen MR) is 106 cm³/mol. The zero-order valence-electron chi connectivity index (χ0n) is 17.1. The van der Waals surface area contributed by atoms with Gasteiger partial charge in [-0.25, -0.2) is 13.2 Å². The number of carbonyl (C=O) groups is 2. The smallest absolute Gasteiger partial charge is 0.257 e. The number of nitrogens with zero attached hydrogens (tertiary/aromatic N) is 2. The average Bonchev–Trinajstić information content (AvgIpc) is 3.26. The van der Waals surface area contributed by atoms with Crippen molar-refractivity contribution in [3.63, 3.8) is 0 Å². The van der Waals surface area contributed by atoms with Crippen LogP contribution in [0.15, 0.2) is 36.4 Å². The second-order valence-electron chi connectivity index (χ2n) is 8.53. The van der Waals surface area contributed by atoms with E-state index in [1.54, 1.807) is 4.90 Å². The number of phenolic OH excluding ortho intramolecular Hbond substituents is 1. The van der Waals surface area contributed by atoms with Crippen LogP contribution in [-0.4, -0.2) is 51.6 Å². The predicted octanol–water partition coefficient (Wildman–Crippen LogP) is 3.50. The van der Waals surface area contributed by atoms with E-state index >= 15 is 0 Å². The highest BCUT2D eigenvalue weighted by atomic mass is 19.1. The molecule has 0 unspecified atom stereocenters. The number of ether oxygens (including phenoxy) is 1. The Bertz CT molecular complexity index is 1080. The van der Waals surface area contributed by atoms with Gasteiger partial charge in [-0.1, -0.05) is 0 Å². The molecule has 0 saturated carbocycles. The molecule has 1 spiro atoms. The van der Waals surface area contributed by atoms with Crippen LogP contribution in [0.5, 0.6) is 5.75 Å². The summed E-state index contributed by atoms with van der Waals surface area (Å²) < 4.78 is 47.7. The number of hydrogen-bond acceptors (Lipinski definition) is 4. The van der Waals surface area contributed by atoms with Crippen molar-refractivity contribution >= 4 is 11.8 Å². The summed E-state index contributed by atoms with van der Waals surface area (Å²) in [6.07, 6.45) is 1.11. The van der Waals surface area contributed by atoms with Crippen molar-refractivity contribution in [2.75, 3.05) is 13.1 Å². The number of amides is 2. The topological polar surface area (TPSA) is 70.1 Å². The molecule has 168 valence electrons. The van der Waals surface area contributed by atoms with Crippen molar-refractivity contribution in [1.29, 1.82) is 0 Å². The van der Waals surface area contributed by atoms with Gasteiger partial charge in [0.2, 0.25) is 0 Å². The largest absolute Gasteiger partial charge is 0.508 e. The molecule has 32 heavy (non-hydrogen) atoms. The Morgan fingerprint density at radius 1 is 1.03 bits per heavy atom. The van der Waals surface area contributed by atoms with E-state index in [4.69, 9.17) is 4.74 Å². The van der Waals surface area contributed by atoms with Crippen LogP contribution in [0.1, 0.15) is 47.6 Å². The van der Waals surface area contributed by atoms with Gasteiger partial charge in [0.25, 0.3) is 11.8 Å². The molecule has 5 rings (SSSR count). The summed E-state index contributed by atoms with van der Waals surface area (Å²) in [7, 11) is 0. The lowest BCUT2D eigenvalue weighted by Crippen LogP contribution is -2.51. The normalized spacial score (nSPS) is 24.3. The molecule has 0 bridgehead atoms. The third-order valence-corrected chi connectivity index (χ3v) is 6.63. The fraction of sp³-hybridized carbons (Fsp3) is 0.391. The number of phenols is 1. The highest BCUT2D eigenvalue weighted by Gasteiger charge is 2.58. The fourth-order valence-electron chi connectivity index (χ4n) is 5.06. The Morgan fingerprint density at radius 3 is 2.38 bits per heavy atom. The molecule has 6 nitrogen and oxygen atoms in total. The molecule has 2 aromatic rings. The van der Waals surface area contributed by atoms with E-state index in [-0.39, 0.29) is 43.2 Å². The number of benzene rings is 2. The first-order valence-electron chi connectivity index (χ1n) is 10.5. The van der Waals surface area contributed by atoms with E-state index in [0.29, 0.717) is 18.4 Å². The summed E-state index contributed by atoms with van der Waals surface area (Å²) in [5, 5.41) is 9.35. The minimum absolute atomic E-state index is 0.147. The van der Waals surface area contributed by atoms with Gasteiger partial charge in [-0.05, 0) is 42.7 Å². The van der Waals surface area contributed by atoms with Crippen LogP contribution in [0, 0.1) is 17.5 Å². The first-order valence-corrected chi connectivity index (χ1v) is 10.5. The van der Waals surface area contributed by atoms with Gasteiger partial charge in [0.15, 0.2) is 5.60 Å². The van der Waals surface area contributed by atoms with Crippen molar-refractivity contribution in [3.05, 3.63) is 65.0 Å². The van der Waals surface area contributed by atoms with Gasteiger partial charge in [0.05, 0.1) is 11.6 Å². The third kappa shape index (κ3) is 3.31. The molecule has 0 aliphatic carbocycles. The molecule has 1 N–H and O–H groups in total. The molecule has 2 amide bonds. The van der Waals surface area contributed by atoms with Crippen LogP contribution in [0.25, 0.3) is 0 Å². The number of halogens is 3. The van der Waals surface area contributed by atoms with Crippen LogP contribution < -0.4 is 0 Å². The molecule has 2 atom stereocenters. The van der Waals surface area contributed by atoms with Gasteiger partial charge < -0.3 is 19.6 Å². The molecule has 0 radical (unpaired) electrons. The number of carbonyl (C=O) groups excluding carboxylic acids is 2. The average molecular weight is 446 g/mol. The van der Waals surface area contributed by atoms with E-state index in [1.165, 1.54) is 29.2 Å². The molecule has 9 heteroatoms. The molecule has 3 fully saturated rings. The maximum atomic E-state index is 14.1. The molecule has 2 aromatic carbocycles. The first kappa shape index (κ1) is 20.8. The summed E-state index contributed by atoms with van der Waals surface area (Å²) in [4.78, 5) is 29.1. The highest BCUT2D eigenvalue weighted by Crippen LogP contribution is 2.47. The maximum absolute atomic E-state index is 14.1. The fourth-order valence-corrected chi connectivity index (χ4v) is 5.06. The number of likely N-dealkylation sites (tertiary alicyclic amines) is 1. The lowest BCUT2D eigenvalue weighted by Gasteiger charge is -2.37. The van der Waals surface area contributed by atoms with Gasteiger partial charge in [0, 0.05) is 38.1 Å². The maximum Gasteiger partial charge on any atom is 0.257 e. The highest BCUT2D eigenvalue weighted by molar-refractivity contribution is 5.95. The summed E-state index contributed by atoms with van der Waals surface area (Å²) in [6, 6.07) is 6.16. The number of aromatic hydroxyl groups is 1. The second kappa shape index (κ2) is 7.51. The van der Waals surface area contributed by atoms with Gasteiger partial charge >= 0.3 is 0 Å². The molecule has 0 aromatic heterocycles. The number of fused-ring (bicyclic) bond motifs is 1. The van der Waals surface area contributed by atoms with Crippen molar-refractivity contribution in [2.24, 2.45) is 0 Å². The summed E-state index contributed by atoms with van der Waals surface area (Å²) in [5.41, 5.74) is -0.847. The van der Waals surface area contributed by atoms with Gasteiger partial charge in [-0.2, -0.15) is 0 Å². The lowest BCUT2D eigenvalue weighted by atomic mass is 9.89. The van der Waals surface area contributed by atoms with E-state index in [2.05, 4.69) is 0 Å². The molecule has 3 aliphatic heterocycles. The Balaban J connectivity index is 1.32. The first-order chi connectivity index (χ1) is 15.3. The van der Waals surface area contributed by atoms with Crippen LogP contribution in [-0.2, 0) is 9.53 Å². The Morgan fingerprint density at radius 2 is 1.72 bits per heavy atom. The summed E-state index contributed by atoms with van der Waals surface area (Å²) in [5.74, 6) is -3.23. The zero-order valence-corrected chi connectivity index (χ0v) is 17.1.